The first-order valence-corrected chi connectivity index (χ1v) is 8.69. The maximum Gasteiger partial charge on any atom is 0.0815 e. The summed E-state index contributed by atoms with van der Waals surface area (Å²) in [4.78, 5) is 27.0. The van der Waals surface area contributed by atoms with E-state index in [1.54, 1.807) is 24.9 Å². The zero-order chi connectivity index (χ0) is 18.2. The van der Waals surface area contributed by atoms with Crippen LogP contribution in [0.2, 0.25) is 0 Å². The summed E-state index contributed by atoms with van der Waals surface area (Å²) in [5.41, 5.74) is 3.25. The topological polar surface area (TPSA) is 75.2 Å². The van der Waals surface area contributed by atoms with Crippen molar-refractivity contribution >= 4 is 24.9 Å². The van der Waals surface area contributed by atoms with Gasteiger partial charge in [-0.15, -0.1) is 0 Å². The van der Waals surface area contributed by atoms with E-state index in [2.05, 4.69) is 29.9 Å². The minimum Gasteiger partial charge on any atom is -0.289 e. The Hall–Kier alpha value is -3.02. The number of nitrogens with zero attached hydrogens (tertiary/aromatic N) is 6. The van der Waals surface area contributed by atoms with E-state index in [4.69, 9.17) is 0 Å². The molecule has 0 aromatic carbocycles. The Kier molecular flexibility index (Phi) is 6.09. The lowest BCUT2D eigenvalue weighted by atomic mass is 10.3. The number of aliphatic imine (C=N–C) groups is 4. The van der Waals surface area contributed by atoms with Gasteiger partial charge in [-0.3, -0.25) is 20.0 Å². The molecule has 1 aliphatic heterocycles. The van der Waals surface area contributed by atoms with Crippen LogP contribution < -0.4 is 0 Å². The van der Waals surface area contributed by atoms with Gasteiger partial charge >= 0.3 is 0 Å². The fraction of sp³-hybridized carbons (Fsp3) is 0.300. The molecule has 3 rings (SSSR count). The summed E-state index contributed by atoms with van der Waals surface area (Å²) < 4.78 is 0. The number of rotatable bonds is 0. The highest BCUT2D eigenvalue weighted by Gasteiger charge is 2.00. The fourth-order valence-corrected chi connectivity index (χ4v) is 2.32. The lowest BCUT2D eigenvalue weighted by Crippen LogP contribution is -2.07. The summed E-state index contributed by atoms with van der Waals surface area (Å²) in [6.45, 7) is 5.23. The predicted octanol–water partition coefficient (Wildman–Crippen LogP) is 2.64. The molecule has 26 heavy (non-hydrogen) atoms. The van der Waals surface area contributed by atoms with Crippen LogP contribution in [0, 0.1) is 0 Å². The monoisotopic (exact) mass is 346 g/mol. The molecule has 0 saturated carbocycles. The second-order valence-corrected chi connectivity index (χ2v) is 6.22. The van der Waals surface area contributed by atoms with Crippen molar-refractivity contribution in [1.29, 1.82) is 0 Å². The van der Waals surface area contributed by atoms with Gasteiger partial charge in [-0.05, 0) is 38.1 Å². The summed E-state index contributed by atoms with van der Waals surface area (Å²) in [5.74, 6) is 0. The molecule has 4 bridgehead atoms. The highest BCUT2D eigenvalue weighted by Crippen LogP contribution is 2.01. The quantitative estimate of drug-likeness (QED) is 0.735. The molecule has 3 heterocycles. The molecule has 0 fully saturated rings. The van der Waals surface area contributed by atoms with E-state index >= 15 is 0 Å². The SMILES string of the molecule is C[C@H]1CN=Cc2cccc(n2)C=N[C@@H](C)CN=Cc2cccc(n2)C=N1. The molecular formula is C20H22N6. The zero-order valence-electron chi connectivity index (χ0n) is 15.0. The van der Waals surface area contributed by atoms with Crippen molar-refractivity contribution in [1.82, 2.24) is 9.97 Å². The molecule has 2 aromatic rings. The highest BCUT2D eigenvalue weighted by atomic mass is 14.9. The predicted molar refractivity (Wildman–Crippen MR) is 108 cm³/mol. The Bertz CT molecular complexity index is 781. The van der Waals surface area contributed by atoms with Crippen molar-refractivity contribution in [3.05, 3.63) is 59.2 Å². The van der Waals surface area contributed by atoms with E-state index in [-0.39, 0.29) is 12.1 Å². The summed E-state index contributed by atoms with van der Waals surface area (Å²) in [5, 5.41) is 0. The molecule has 2 atom stereocenters. The van der Waals surface area contributed by atoms with E-state index < -0.39 is 0 Å². The summed E-state index contributed by atoms with van der Waals surface area (Å²) in [7, 11) is 0. The van der Waals surface area contributed by atoms with Gasteiger partial charge in [0.05, 0.1) is 47.9 Å². The molecule has 2 aromatic heterocycles. The zero-order valence-corrected chi connectivity index (χ0v) is 15.0. The summed E-state index contributed by atoms with van der Waals surface area (Å²) >= 11 is 0. The third kappa shape index (κ3) is 5.51. The lowest BCUT2D eigenvalue weighted by molar-refractivity contribution is 0.759. The second kappa shape index (κ2) is 8.89. The number of pyridine rings is 2. The van der Waals surface area contributed by atoms with Crippen LogP contribution in [0.1, 0.15) is 36.6 Å². The third-order valence-electron chi connectivity index (χ3n) is 3.69. The van der Waals surface area contributed by atoms with E-state index in [1.807, 2.05) is 50.2 Å². The van der Waals surface area contributed by atoms with Crippen LogP contribution in [0.15, 0.2) is 56.4 Å². The Morgan fingerprint density at radius 2 is 1.00 bits per heavy atom. The van der Waals surface area contributed by atoms with Crippen LogP contribution in [0.25, 0.3) is 0 Å². The standard InChI is InChI=1S/C20H22N6/c1-15-9-21-11-17-5-4-8-20(26-17)14-24-16(2)10-22-12-18-6-3-7-19(25-18)13-23-15/h3-8,11-16H,9-10H2,1-2H3/t15-,16-/m0/s1. The first kappa shape index (κ1) is 17.8. The molecule has 6 nitrogen and oxygen atoms in total. The second-order valence-electron chi connectivity index (χ2n) is 6.22. The molecule has 0 amide bonds. The molecule has 132 valence electrons. The van der Waals surface area contributed by atoms with Crippen molar-refractivity contribution in [2.24, 2.45) is 20.0 Å². The van der Waals surface area contributed by atoms with Crippen molar-refractivity contribution < 1.29 is 0 Å². The van der Waals surface area contributed by atoms with Crippen molar-refractivity contribution in [3.63, 3.8) is 0 Å². The molecule has 0 unspecified atom stereocenters. The first-order valence-electron chi connectivity index (χ1n) is 8.69. The van der Waals surface area contributed by atoms with Gasteiger partial charge in [0.1, 0.15) is 0 Å². The highest BCUT2D eigenvalue weighted by molar-refractivity contribution is 5.83. The van der Waals surface area contributed by atoms with Gasteiger partial charge in [0, 0.05) is 24.9 Å². The molecule has 0 saturated heterocycles. The Labute approximate surface area is 153 Å². The first-order chi connectivity index (χ1) is 12.7. The minimum atomic E-state index is 0.0647. The third-order valence-corrected chi connectivity index (χ3v) is 3.69. The largest absolute Gasteiger partial charge is 0.289 e. The Morgan fingerprint density at radius 1 is 0.615 bits per heavy atom. The van der Waals surface area contributed by atoms with Crippen LogP contribution in [-0.2, 0) is 0 Å². The van der Waals surface area contributed by atoms with Gasteiger partial charge in [0.2, 0.25) is 0 Å². The van der Waals surface area contributed by atoms with Gasteiger partial charge in [-0.1, -0.05) is 12.1 Å². The molecule has 0 spiro atoms. The van der Waals surface area contributed by atoms with Crippen molar-refractivity contribution in [2.45, 2.75) is 25.9 Å². The van der Waals surface area contributed by atoms with E-state index in [0.717, 1.165) is 22.8 Å². The maximum atomic E-state index is 4.53. The van der Waals surface area contributed by atoms with Crippen molar-refractivity contribution in [3.8, 4) is 0 Å². The Balaban J connectivity index is 1.87. The van der Waals surface area contributed by atoms with Gasteiger partial charge in [0.25, 0.3) is 0 Å². The minimum absolute atomic E-state index is 0.0647. The van der Waals surface area contributed by atoms with E-state index in [1.165, 1.54) is 0 Å². The Morgan fingerprint density at radius 3 is 1.42 bits per heavy atom. The lowest BCUT2D eigenvalue weighted by Gasteiger charge is -2.04. The molecule has 1 aliphatic rings. The molecule has 6 heteroatoms. The summed E-state index contributed by atoms with van der Waals surface area (Å²) in [6.07, 6.45) is 7.12. The summed E-state index contributed by atoms with van der Waals surface area (Å²) in [6, 6.07) is 11.7. The number of hydrogen-bond acceptors (Lipinski definition) is 6. The molecule has 0 aliphatic carbocycles. The average Bonchev–Trinajstić information content (AvgIpc) is 2.65. The van der Waals surface area contributed by atoms with Crippen molar-refractivity contribution in [2.75, 3.05) is 13.1 Å². The molecular weight excluding hydrogens is 324 g/mol. The van der Waals surface area contributed by atoms with Crippen LogP contribution in [0.4, 0.5) is 0 Å². The average molecular weight is 346 g/mol. The van der Waals surface area contributed by atoms with Crippen LogP contribution in [0.3, 0.4) is 0 Å². The normalized spacial score (nSPS) is 20.5. The van der Waals surface area contributed by atoms with Gasteiger partial charge in [-0.25, -0.2) is 9.97 Å². The molecule has 0 radical (unpaired) electrons. The van der Waals surface area contributed by atoms with Crippen LogP contribution >= 0.6 is 0 Å². The molecule has 0 N–H and O–H groups in total. The smallest absolute Gasteiger partial charge is 0.0815 e. The van der Waals surface area contributed by atoms with Gasteiger partial charge in [-0.2, -0.15) is 0 Å². The van der Waals surface area contributed by atoms with Gasteiger partial charge in [0.15, 0.2) is 0 Å². The fourth-order valence-electron chi connectivity index (χ4n) is 2.32. The van der Waals surface area contributed by atoms with Gasteiger partial charge < -0.3 is 0 Å². The van der Waals surface area contributed by atoms with Crippen LogP contribution in [-0.4, -0.2) is 60.0 Å². The number of hydrogen-bond donors (Lipinski definition) is 0. The maximum absolute atomic E-state index is 4.53. The number of aromatic nitrogens is 2. The van der Waals surface area contributed by atoms with Crippen LogP contribution in [0.5, 0.6) is 0 Å². The van der Waals surface area contributed by atoms with E-state index in [9.17, 15) is 0 Å². The van der Waals surface area contributed by atoms with E-state index in [0.29, 0.717) is 13.1 Å². The number of fused-ring (bicyclic) bond motifs is 4.